The molecule has 0 saturated heterocycles. The van der Waals surface area contributed by atoms with Gasteiger partial charge in [0.1, 0.15) is 5.69 Å². The maximum atomic E-state index is 12.6. The summed E-state index contributed by atoms with van der Waals surface area (Å²) < 4.78 is 0. The molecule has 6 aromatic heterocycles. The number of nitrogens with one attached hydrogen (secondary N) is 3. The topological polar surface area (TPSA) is 125 Å². The fourth-order valence-corrected chi connectivity index (χ4v) is 4.84. The van der Waals surface area contributed by atoms with E-state index in [4.69, 9.17) is 0 Å². The molecule has 0 aliphatic rings. The number of hydrogen-bond acceptors (Lipinski definition) is 6. The lowest BCUT2D eigenvalue weighted by atomic mass is 10.1. The van der Waals surface area contributed by atoms with Crippen LogP contribution in [0.1, 0.15) is 5.56 Å². The van der Waals surface area contributed by atoms with E-state index < -0.39 is 0 Å². The van der Waals surface area contributed by atoms with Crippen LogP contribution >= 0.6 is 0 Å². The summed E-state index contributed by atoms with van der Waals surface area (Å²) in [6, 6.07) is 21.4. The van der Waals surface area contributed by atoms with Crippen molar-refractivity contribution in [3.05, 3.63) is 109 Å². The maximum Gasteiger partial charge on any atom is 0.228 e. The quantitative estimate of drug-likeness (QED) is 0.253. The van der Waals surface area contributed by atoms with Gasteiger partial charge >= 0.3 is 0 Å². The molecule has 40 heavy (non-hydrogen) atoms. The SMILES string of the molecule is O=C(Cc1ccccc1)Nc1cncc(-c2cc3c(-c4cc5c(-c6ccncc6)nccc5[nH]4)n[nH]c3cn2)c1. The lowest BCUT2D eigenvalue weighted by Gasteiger charge is -2.07. The van der Waals surface area contributed by atoms with Gasteiger partial charge in [-0.05, 0) is 42.0 Å². The Morgan fingerprint density at radius 3 is 2.48 bits per heavy atom. The Labute approximate surface area is 228 Å². The highest BCUT2D eigenvalue weighted by atomic mass is 16.1. The molecule has 1 aromatic carbocycles. The van der Waals surface area contributed by atoms with E-state index in [2.05, 4.69) is 46.5 Å². The first-order chi connectivity index (χ1) is 19.7. The average Bonchev–Trinajstić information content (AvgIpc) is 3.62. The molecule has 1 amide bonds. The third-order valence-corrected chi connectivity index (χ3v) is 6.73. The number of amides is 1. The number of rotatable bonds is 6. The molecule has 7 rings (SSSR count). The molecule has 0 spiro atoms. The zero-order valence-corrected chi connectivity index (χ0v) is 21.2. The van der Waals surface area contributed by atoms with Gasteiger partial charge in [0.2, 0.25) is 5.91 Å². The van der Waals surface area contributed by atoms with Crippen LogP contribution in [0.15, 0.2) is 104 Å². The van der Waals surface area contributed by atoms with Crippen LogP contribution in [0.4, 0.5) is 5.69 Å². The van der Waals surface area contributed by atoms with Crippen molar-refractivity contribution in [3.63, 3.8) is 0 Å². The lowest BCUT2D eigenvalue weighted by Crippen LogP contribution is -2.14. The molecule has 9 heteroatoms. The standard InChI is InChI=1S/C31H22N8O/c40-29(12-19-4-2-1-3-5-19)36-22-13-21(16-33-17-22)26-14-24-28(18-35-26)38-39-31(24)27-15-23-25(37-27)8-11-34-30(23)20-6-9-32-10-7-20/h1-11,13-18,37H,12H2,(H,36,40)(H,38,39). The number of benzene rings is 1. The van der Waals surface area contributed by atoms with Crippen molar-refractivity contribution in [2.24, 2.45) is 0 Å². The second-order valence-corrected chi connectivity index (χ2v) is 9.40. The van der Waals surface area contributed by atoms with Gasteiger partial charge in [-0.15, -0.1) is 0 Å². The average molecular weight is 523 g/mol. The monoisotopic (exact) mass is 522 g/mol. The summed E-state index contributed by atoms with van der Waals surface area (Å²) in [5.41, 5.74) is 8.34. The molecule has 0 radical (unpaired) electrons. The third kappa shape index (κ3) is 4.45. The van der Waals surface area contributed by atoms with Crippen molar-refractivity contribution in [2.75, 3.05) is 5.32 Å². The molecule has 7 aromatic rings. The number of carbonyl (C=O) groups is 1. The van der Waals surface area contributed by atoms with Crippen LogP contribution in [-0.4, -0.2) is 41.0 Å². The first kappa shape index (κ1) is 23.4. The number of fused-ring (bicyclic) bond motifs is 2. The molecule has 192 valence electrons. The van der Waals surface area contributed by atoms with E-state index in [9.17, 15) is 4.79 Å². The van der Waals surface area contributed by atoms with Crippen LogP contribution < -0.4 is 5.32 Å². The van der Waals surface area contributed by atoms with E-state index in [-0.39, 0.29) is 12.3 Å². The Hall–Kier alpha value is -5.70. The second-order valence-electron chi connectivity index (χ2n) is 9.40. The van der Waals surface area contributed by atoms with E-state index in [1.165, 1.54) is 0 Å². The second kappa shape index (κ2) is 9.88. The summed E-state index contributed by atoms with van der Waals surface area (Å²) in [5.74, 6) is -0.106. The summed E-state index contributed by atoms with van der Waals surface area (Å²) in [7, 11) is 0. The van der Waals surface area contributed by atoms with Gasteiger partial charge in [0.25, 0.3) is 0 Å². The molecule has 3 N–H and O–H groups in total. The number of carbonyl (C=O) groups excluding carboxylic acids is 1. The van der Waals surface area contributed by atoms with Crippen molar-refractivity contribution >= 4 is 33.4 Å². The van der Waals surface area contributed by atoms with Crippen LogP contribution in [0.5, 0.6) is 0 Å². The van der Waals surface area contributed by atoms with Crippen molar-refractivity contribution in [3.8, 4) is 33.9 Å². The molecular weight excluding hydrogens is 500 g/mol. The molecule has 0 bridgehead atoms. The zero-order valence-electron chi connectivity index (χ0n) is 21.2. The van der Waals surface area contributed by atoms with Gasteiger partial charge in [-0.3, -0.25) is 29.8 Å². The highest BCUT2D eigenvalue weighted by Crippen LogP contribution is 2.33. The van der Waals surface area contributed by atoms with E-state index in [1.807, 2.05) is 60.7 Å². The molecule has 0 unspecified atom stereocenters. The van der Waals surface area contributed by atoms with Crippen LogP contribution in [0.2, 0.25) is 0 Å². The summed E-state index contributed by atoms with van der Waals surface area (Å²) >= 11 is 0. The number of nitrogens with zero attached hydrogens (tertiary/aromatic N) is 5. The Balaban J connectivity index is 1.21. The number of aromatic amines is 2. The molecule has 0 saturated carbocycles. The molecule has 6 heterocycles. The van der Waals surface area contributed by atoms with Gasteiger partial charge in [0.05, 0.1) is 47.1 Å². The van der Waals surface area contributed by atoms with Crippen molar-refractivity contribution in [2.45, 2.75) is 6.42 Å². The summed E-state index contributed by atoms with van der Waals surface area (Å²) in [6.07, 6.45) is 10.7. The van der Waals surface area contributed by atoms with Crippen LogP contribution in [0, 0.1) is 0 Å². The highest BCUT2D eigenvalue weighted by Gasteiger charge is 2.16. The van der Waals surface area contributed by atoms with Gasteiger partial charge in [0.15, 0.2) is 0 Å². The van der Waals surface area contributed by atoms with Gasteiger partial charge in [-0.1, -0.05) is 30.3 Å². The summed E-state index contributed by atoms with van der Waals surface area (Å²) in [4.78, 5) is 33.8. The molecular formula is C31H22N8O. The molecule has 0 aliphatic carbocycles. The minimum Gasteiger partial charge on any atom is -0.353 e. The molecule has 0 fully saturated rings. The van der Waals surface area contributed by atoms with E-state index in [1.54, 1.807) is 37.2 Å². The Kier molecular flexibility index (Phi) is 5.78. The largest absolute Gasteiger partial charge is 0.353 e. The predicted octanol–water partition coefficient (Wildman–Crippen LogP) is 5.81. The number of hydrogen-bond donors (Lipinski definition) is 3. The van der Waals surface area contributed by atoms with Crippen molar-refractivity contribution in [1.82, 2.24) is 35.1 Å². The van der Waals surface area contributed by atoms with Crippen molar-refractivity contribution in [1.29, 1.82) is 0 Å². The third-order valence-electron chi connectivity index (χ3n) is 6.73. The van der Waals surface area contributed by atoms with Crippen LogP contribution in [-0.2, 0) is 11.2 Å². The minimum absolute atomic E-state index is 0.106. The number of H-pyrrole nitrogens is 2. The molecule has 0 atom stereocenters. The van der Waals surface area contributed by atoms with E-state index >= 15 is 0 Å². The molecule has 0 aliphatic heterocycles. The highest BCUT2D eigenvalue weighted by molar-refractivity contribution is 6.00. The number of pyridine rings is 4. The van der Waals surface area contributed by atoms with Crippen molar-refractivity contribution < 1.29 is 4.79 Å². The first-order valence-corrected chi connectivity index (χ1v) is 12.7. The smallest absolute Gasteiger partial charge is 0.228 e. The molecule has 9 nitrogen and oxygen atoms in total. The zero-order chi connectivity index (χ0) is 26.9. The number of aromatic nitrogens is 7. The van der Waals surface area contributed by atoms with E-state index in [0.717, 1.165) is 61.3 Å². The van der Waals surface area contributed by atoms with Crippen LogP contribution in [0.25, 0.3) is 55.7 Å². The van der Waals surface area contributed by atoms with Gasteiger partial charge in [-0.25, -0.2) is 0 Å². The normalized spacial score (nSPS) is 11.2. The Morgan fingerprint density at radius 2 is 1.60 bits per heavy atom. The first-order valence-electron chi connectivity index (χ1n) is 12.7. The van der Waals surface area contributed by atoms with Crippen LogP contribution in [0.3, 0.4) is 0 Å². The van der Waals surface area contributed by atoms with Gasteiger partial charge in [-0.2, -0.15) is 5.10 Å². The maximum absolute atomic E-state index is 12.6. The number of anilines is 1. The fraction of sp³-hybridized carbons (Fsp3) is 0.0323. The lowest BCUT2D eigenvalue weighted by molar-refractivity contribution is -0.115. The Bertz CT molecular complexity index is 1980. The fourth-order valence-electron chi connectivity index (χ4n) is 4.84. The Morgan fingerprint density at radius 1 is 0.750 bits per heavy atom. The predicted molar refractivity (Wildman–Crippen MR) is 154 cm³/mol. The van der Waals surface area contributed by atoms with Gasteiger partial charge in [0, 0.05) is 52.2 Å². The van der Waals surface area contributed by atoms with E-state index in [0.29, 0.717) is 5.69 Å². The minimum atomic E-state index is -0.106. The summed E-state index contributed by atoms with van der Waals surface area (Å²) in [6.45, 7) is 0. The summed E-state index contributed by atoms with van der Waals surface area (Å²) in [5, 5.41) is 12.5. The van der Waals surface area contributed by atoms with Gasteiger partial charge < -0.3 is 10.3 Å².